The summed E-state index contributed by atoms with van der Waals surface area (Å²) in [5.74, 6) is 0.0874. The number of rotatable bonds is 8. The van der Waals surface area contributed by atoms with Gasteiger partial charge in [0.1, 0.15) is 12.4 Å². The van der Waals surface area contributed by atoms with Crippen LogP contribution in [0.15, 0.2) is 30.3 Å². The zero-order valence-corrected chi connectivity index (χ0v) is 10.3. The molecule has 0 unspecified atom stereocenters. The van der Waals surface area contributed by atoms with Crippen LogP contribution in [0.1, 0.15) is 19.3 Å². The van der Waals surface area contributed by atoms with Gasteiger partial charge < -0.3 is 14.6 Å². The summed E-state index contributed by atoms with van der Waals surface area (Å²) in [5.41, 5.74) is -0.0986. The van der Waals surface area contributed by atoms with Gasteiger partial charge in [0.25, 0.3) is 0 Å². The molecule has 1 aromatic carbocycles. The van der Waals surface area contributed by atoms with Gasteiger partial charge in [-0.15, -0.1) is 0 Å². The molecular formula is C14H18O4. The number of para-hydroxylation sites is 1. The van der Waals surface area contributed by atoms with Crippen LogP contribution in [-0.4, -0.2) is 30.9 Å². The quantitative estimate of drug-likeness (QED) is 0.719. The van der Waals surface area contributed by atoms with Crippen molar-refractivity contribution in [3.05, 3.63) is 30.3 Å². The van der Waals surface area contributed by atoms with Crippen molar-refractivity contribution in [3.63, 3.8) is 0 Å². The van der Waals surface area contributed by atoms with Crippen LogP contribution in [0, 0.1) is 5.41 Å². The predicted molar refractivity (Wildman–Crippen MR) is 66.7 cm³/mol. The van der Waals surface area contributed by atoms with Gasteiger partial charge in [0, 0.05) is 5.41 Å². The van der Waals surface area contributed by atoms with Gasteiger partial charge in [0.2, 0.25) is 0 Å². The Hall–Kier alpha value is -1.55. The van der Waals surface area contributed by atoms with E-state index < -0.39 is 5.97 Å². The third-order valence-corrected chi connectivity index (χ3v) is 3.13. The number of carboxylic acid groups (broad SMARTS) is 1. The van der Waals surface area contributed by atoms with Crippen molar-refractivity contribution >= 4 is 5.97 Å². The van der Waals surface area contributed by atoms with Crippen LogP contribution >= 0.6 is 0 Å². The SMILES string of the molecule is O=C(O)CC1(COCCOc2ccccc2)CC1. The number of carboxylic acids is 1. The molecule has 0 aromatic heterocycles. The van der Waals surface area contributed by atoms with Crippen LogP contribution in [0.5, 0.6) is 5.75 Å². The maximum Gasteiger partial charge on any atom is 0.303 e. The highest BCUT2D eigenvalue weighted by Crippen LogP contribution is 2.48. The molecule has 1 aliphatic carbocycles. The second-order valence-corrected chi connectivity index (χ2v) is 4.78. The Morgan fingerprint density at radius 1 is 1.22 bits per heavy atom. The highest BCUT2D eigenvalue weighted by Gasteiger charge is 2.44. The van der Waals surface area contributed by atoms with E-state index in [9.17, 15) is 4.79 Å². The summed E-state index contributed by atoms with van der Waals surface area (Å²) in [6, 6.07) is 9.57. The Labute approximate surface area is 107 Å². The van der Waals surface area contributed by atoms with E-state index in [1.807, 2.05) is 30.3 Å². The molecule has 2 rings (SSSR count). The maximum absolute atomic E-state index is 10.6. The number of aliphatic carboxylic acids is 1. The number of hydrogen-bond donors (Lipinski definition) is 1. The molecule has 1 aromatic rings. The predicted octanol–water partition coefficient (Wildman–Crippen LogP) is 2.34. The Morgan fingerprint density at radius 3 is 2.56 bits per heavy atom. The number of benzene rings is 1. The van der Waals surface area contributed by atoms with Gasteiger partial charge in [0.05, 0.1) is 19.6 Å². The first-order valence-electron chi connectivity index (χ1n) is 6.18. The van der Waals surface area contributed by atoms with E-state index >= 15 is 0 Å². The van der Waals surface area contributed by atoms with Gasteiger partial charge in [-0.3, -0.25) is 4.79 Å². The first-order valence-corrected chi connectivity index (χ1v) is 6.18. The fourth-order valence-corrected chi connectivity index (χ4v) is 1.89. The summed E-state index contributed by atoms with van der Waals surface area (Å²) in [5, 5.41) is 8.76. The first kappa shape index (κ1) is 12.9. The van der Waals surface area contributed by atoms with E-state index in [-0.39, 0.29) is 11.8 Å². The minimum absolute atomic E-state index is 0.0986. The second kappa shape index (κ2) is 5.87. The summed E-state index contributed by atoms with van der Waals surface area (Å²) >= 11 is 0. The number of ether oxygens (including phenoxy) is 2. The van der Waals surface area contributed by atoms with Crippen molar-refractivity contribution in [1.29, 1.82) is 0 Å². The standard InChI is InChI=1S/C14H18O4/c15-13(16)10-14(6-7-14)11-17-8-9-18-12-4-2-1-3-5-12/h1-5H,6-11H2,(H,15,16). The molecule has 0 radical (unpaired) electrons. The molecule has 1 fully saturated rings. The van der Waals surface area contributed by atoms with Crippen molar-refractivity contribution in [2.24, 2.45) is 5.41 Å². The van der Waals surface area contributed by atoms with Gasteiger partial charge in [-0.05, 0) is 25.0 Å². The van der Waals surface area contributed by atoms with Crippen molar-refractivity contribution in [2.75, 3.05) is 19.8 Å². The Bertz CT molecular complexity index is 384. The first-order chi connectivity index (χ1) is 8.70. The lowest BCUT2D eigenvalue weighted by molar-refractivity contribution is -0.139. The maximum atomic E-state index is 10.6. The molecular weight excluding hydrogens is 232 g/mol. The molecule has 0 spiro atoms. The minimum atomic E-state index is -0.739. The van der Waals surface area contributed by atoms with Crippen LogP contribution in [-0.2, 0) is 9.53 Å². The molecule has 4 nitrogen and oxygen atoms in total. The lowest BCUT2D eigenvalue weighted by Gasteiger charge is -2.13. The third kappa shape index (κ3) is 4.04. The fourth-order valence-electron chi connectivity index (χ4n) is 1.89. The summed E-state index contributed by atoms with van der Waals surface area (Å²) in [6.45, 7) is 1.51. The number of carbonyl (C=O) groups is 1. The molecule has 4 heteroatoms. The zero-order chi connectivity index (χ0) is 12.8. The molecule has 0 heterocycles. The smallest absolute Gasteiger partial charge is 0.303 e. The molecule has 1 N–H and O–H groups in total. The van der Waals surface area contributed by atoms with E-state index in [0.29, 0.717) is 19.8 Å². The van der Waals surface area contributed by atoms with Crippen LogP contribution in [0.2, 0.25) is 0 Å². The largest absolute Gasteiger partial charge is 0.491 e. The fraction of sp³-hybridized carbons (Fsp3) is 0.500. The average Bonchev–Trinajstić information content (AvgIpc) is 3.09. The third-order valence-electron chi connectivity index (χ3n) is 3.13. The van der Waals surface area contributed by atoms with E-state index in [0.717, 1.165) is 18.6 Å². The molecule has 0 amide bonds. The molecule has 0 saturated heterocycles. The summed E-state index contributed by atoms with van der Waals surface area (Å²) in [4.78, 5) is 10.6. The van der Waals surface area contributed by atoms with Gasteiger partial charge in [0.15, 0.2) is 0 Å². The molecule has 0 atom stereocenters. The van der Waals surface area contributed by atoms with Gasteiger partial charge in [-0.2, -0.15) is 0 Å². The molecule has 98 valence electrons. The average molecular weight is 250 g/mol. The van der Waals surface area contributed by atoms with Crippen molar-refractivity contribution < 1.29 is 19.4 Å². The summed E-state index contributed by atoms with van der Waals surface area (Å²) < 4.78 is 11.0. The number of hydrogen-bond acceptors (Lipinski definition) is 3. The second-order valence-electron chi connectivity index (χ2n) is 4.78. The molecule has 0 bridgehead atoms. The molecule has 1 saturated carbocycles. The Balaban J connectivity index is 1.58. The van der Waals surface area contributed by atoms with E-state index in [1.54, 1.807) is 0 Å². The van der Waals surface area contributed by atoms with Crippen LogP contribution in [0.3, 0.4) is 0 Å². The topological polar surface area (TPSA) is 55.8 Å². The van der Waals surface area contributed by atoms with E-state index in [2.05, 4.69) is 0 Å². The normalized spacial score (nSPS) is 16.2. The lowest BCUT2D eigenvalue weighted by Crippen LogP contribution is -2.17. The van der Waals surface area contributed by atoms with E-state index in [4.69, 9.17) is 14.6 Å². The van der Waals surface area contributed by atoms with Crippen molar-refractivity contribution in [3.8, 4) is 5.75 Å². The molecule has 1 aliphatic rings. The zero-order valence-electron chi connectivity index (χ0n) is 10.3. The monoisotopic (exact) mass is 250 g/mol. The molecule has 0 aliphatic heterocycles. The lowest BCUT2D eigenvalue weighted by atomic mass is 10.0. The highest BCUT2D eigenvalue weighted by molar-refractivity contribution is 5.68. The van der Waals surface area contributed by atoms with Crippen LogP contribution < -0.4 is 4.74 Å². The Kier molecular flexibility index (Phi) is 4.20. The van der Waals surface area contributed by atoms with E-state index in [1.165, 1.54) is 0 Å². The van der Waals surface area contributed by atoms with Gasteiger partial charge >= 0.3 is 5.97 Å². The highest BCUT2D eigenvalue weighted by atomic mass is 16.5. The Morgan fingerprint density at radius 2 is 1.94 bits per heavy atom. The molecule has 18 heavy (non-hydrogen) atoms. The minimum Gasteiger partial charge on any atom is -0.491 e. The van der Waals surface area contributed by atoms with Gasteiger partial charge in [-0.1, -0.05) is 18.2 Å². The summed E-state index contributed by atoms with van der Waals surface area (Å²) in [6.07, 6.45) is 2.13. The van der Waals surface area contributed by atoms with Crippen molar-refractivity contribution in [1.82, 2.24) is 0 Å². The van der Waals surface area contributed by atoms with Gasteiger partial charge in [-0.25, -0.2) is 0 Å². The summed E-state index contributed by atoms with van der Waals surface area (Å²) in [7, 11) is 0. The van der Waals surface area contributed by atoms with Crippen LogP contribution in [0.25, 0.3) is 0 Å². The van der Waals surface area contributed by atoms with Crippen molar-refractivity contribution in [2.45, 2.75) is 19.3 Å². The van der Waals surface area contributed by atoms with Crippen LogP contribution in [0.4, 0.5) is 0 Å².